The zero-order valence-electron chi connectivity index (χ0n) is 26.1. The second-order valence-corrected chi connectivity index (χ2v) is 14.3. The van der Waals surface area contributed by atoms with Gasteiger partial charge in [-0.2, -0.15) is 4.31 Å². The fraction of sp³-hybridized carbons (Fsp3) is 0.306. The first-order chi connectivity index (χ1) is 22.5. The summed E-state index contributed by atoms with van der Waals surface area (Å²) in [5.41, 5.74) is 8.80. The van der Waals surface area contributed by atoms with Crippen LogP contribution in [0.25, 0.3) is 0 Å². The topological polar surface area (TPSA) is 105 Å². The normalized spacial score (nSPS) is 18.4. The van der Waals surface area contributed by atoms with Crippen LogP contribution in [0.4, 0.5) is 14.5 Å². The van der Waals surface area contributed by atoms with E-state index in [9.17, 15) is 17.6 Å². The predicted octanol–water partition coefficient (Wildman–Crippen LogP) is 6.28. The Morgan fingerprint density at radius 2 is 1.68 bits per heavy atom. The molecular weight excluding hydrogens is 642 g/mol. The molecule has 1 amide bonds. The number of halogens is 3. The highest BCUT2D eigenvalue weighted by atomic mass is 35.5. The Balaban J connectivity index is 1.31. The van der Waals surface area contributed by atoms with Gasteiger partial charge in [-0.25, -0.2) is 17.2 Å². The molecule has 0 saturated carbocycles. The Labute approximate surface area is 280 Å². The van der Waals surface area contributed by atoms with E-state index in [1.807, 2.05) is 6.92 Å². The number of carbonyl (C=O) groups is 1. The zero-order chi connectivity index (χ0) is 33.6. The van der Waals surface area contributed by atoms with Crippen LogP contribution >= 0.6 is 11.6 Å². The van der Waals surface area contributed by atoms with E-state index in [0.29, 0.717) is 48.6 Å². The van der Waals surface area contributed by atoms with Crippen LogP contribution in [0.15, 0.2) is 102 Å². The first-order valence-corrected chi connectivity index (χ1v) is 17.5. The van der Waals surface area contributed by atoms with E-state index in [-0.39, 0.29) is 29.2 Å². The van der Waals surface area contributed by atoms with Crippen LogP contribution in [0.1, 0.15) is 42.4 Å². The Kier molecular flexibility index (Phi) is 11.4. The van der Waals surface area contributed by atoms with Crippen molar-refractivity contribution in [3.63, 3.8) is 0 Å². The van der Waals surface area contributed by atoms with Crippen molar-refractivity contribution in [1.29, 1.82) is 0 Å². The molecule has 0 aromatic heterocycles. The summed E-state index contributed by atoms with van der Waals surface area (Å²) in [6.07, 6.45) is 1.61. The van der Waals surface area contributed by atoms with Crippen LogP contribution in [-0.2, 0) is 27.7 Å². The summed E-state index contributed by atoms with van der Waals surface area (Å²) >= 11 is 6.11. The average Bonchev–Trinajstić information content (AvgIpc) is 3.06. The van der Waals surface area contributed by atoms with Crippen molar-refractivity contribution < 1.29 is 22.0 Å². The predicted molar refractivity (Wildman–Crippen MR) is 182 cm³/mol. The number of sulfonamides is 1. The SMILES string of the molecule is C[C@@H]1CNC[C@H](CCCc2c(F)cccc2NC(=O)[C@@H](N)[C@@H](Cc2ccc(F)cc2)c2ccc(Cl)cc2)N1S(=O)(=O)c1ccccc1. The number of nitrogens with two attached hydrogens (primary N) is 1. The van der Waals surface area contributed by atoms with Gasteiger partial charge in [0.25, 0.3) is 0 Å². The number of benzene rings is 4. The molecule has 0 bridgehead atoms. The summed E-state index contributed by atoms with van der Waals surface area (Å²) < 4.78 is 57.6. The monoisotopic (exact) mass is 680 g/mol. The summed E-state index contributed by atoms with van der Waals surface area (Å²) in [6.45, 7) is 2.89. The van der Waals surface area contributed by atoms with Crippen LogP contribution in [0.5, 0.6) is 0 Å². The molecule has 1 fully saturated rings. The van der Waals surface area contributed by atoms with Gasteiger partial charge in [-0.15, -0.1) is 0 Å². The molecule has 11 heteroatoms. The number of carbonyl (C=O) groups excluding carboxylic acids is 1. The van der Waals surface area contributed by atoms with Gasteiger partial charge < -0.3 is 16.4 Å². The molecule has 5 rings (SSSR count). The minimum atomic E-state index is -3.73. The van der Waals surface area contributed by atoms with Crippen molar-refractivity contribution in [2.45, 2.75) is 61.5 Å². The second kappa shape index (κ2) is 15.5. The third kappa shape index (κ3) is 8.44. The van der Waals surface area contributed by atoms with E-state index in [1.54, 1.807) is 77.1 Å². The molecule has 0 unspecified atom stereocenters. The zero-order valence-corrected chi connectivity index (χ0v) is 27.7. The Morgan fingerprint density at radius 3 is 2.38 bits per heavy atom. The quantitative estimate of drug-likeness (QED) is 0.163. The average molecular weight is 681 g/mol. The molecule has 1 saturated heterocycles. The summed E-state index contributed by atoms with van der Waals surface area (Å²) in [6, 6.07) is 24.3. The number of amides is 1. The molecule has 1 heterocycles. The molecule has 7 nitrogen and oxygen atoms in total. The van der Waals surface area contributed by atoms with Crippen LogP contribution in [0, 0.1) is 11.6 Å². The lowest BCUT2D eigenvalue weighted by atomic mass is 9.85. The molecule has 4 aromatic rings. The molecule has 4 N–H and O–H groups in total. The Hall–Kier alpha value is -3.67. The minimum absolute atomic E-state index is 0.241. The number of piperazine rings is 1. The standard InChI is InChI=1S/C36H39ClF2N4O3S/c1-24-22-41-23-29(43(24)47(45,46)30-8-3-2-4-9-30)7-5-10-31-33(39)11-6-12-34(31)42-36(44)35(40)32(26-15-17-27(37)18-16-26)21-25-13-19-28(38)20-14-25/h2-4,6,8-9,11-20,24,29,32,35,41H,5,7,10,21-23,40H2,1H3,(H,42,44)/t24-,29+,32+,35+/m1/s1. The highest BCUT2D eigenvalue weighted by Gasteiger charge is 2.37. The van der Waals surface area contributed by atoms with Crippen molar-refractivity contribution in [2.24, 2.45) is 5.73 Å². The van der Waals surface area contributed by atoms with E-state index in [2.05, 4.69) is 10.6 Å². The van der Waals surface area contributed by atoms with E-state index in [4.69, 9.17) is 17.3 Å². The lowest BCUT2D eigenvalue weighted by Crippen LogP contribution is -2.58. The van der Waals surface area contributed by atoms with Gasteiger partial charge in [0.05, 0.1) is 10.9 Å². The smallest absolute Gasteiger partial charge is 0.243 e. The van der Waals surface area contributed by atoms with Gasteiger partial charge in [-0.1, -0.05) is 60.1 Å². The first kappa shape index (κ1) is 34.7. The molecule has 4 atom stereocenters. The summed E-state index contributed by atoms with van der Waals surface area (Å²) in [5.74, 6) is -1.81. The highest BCUT2D eigenvalue weighted by molar-refractivity contribution is 7.89. The molecule has 1 aliphatic heterocycles. The molecule has 0 aliphatic carbocycles. The van der Waals surface area contributed by atoms with Crippen molar-refractivity contribution in [3.05, 3.63) is 130 Å². The van der Waals surface area contributed by atoms with Gasteiger partial charge in [0.1, 0.15) is 11.6 Å². The van der Waals surface area contributed by atoms with Crippen molar-refractivity contribution in [2.75, 3.05) is 18.4 Å². The van der Waals surface area contributed by atoms with Crippen molar-refractivity contribution >= 4 is 33.2 Å². The summed E-state index contributed by atoms with van der Waals surface area (Å²) in [7, 11) is -3.73. The van der Waals surface area contributed by atoms with E-state index in [1.165, 1.54) is 24.3 Å². The van der Waals surface area contributed by atoms with Gasteiger partial charge in [0.15, 0.2) is 0 Å². The van der Waals surface area contributed by atoms with E-state index < -0.39 is 33.7 Å². The maximum absolute atomic E-state index is 15.3. The highest BCUT2D eigenvalue weighted by Crippen LogP contribution is 2.29. The lowest BCUT2D eigenvalue weighted by molar-refractivity contribution is -0.117. The summed E-state index contributed by atoms with van der Waals surface area (Å²) in [5, 5.41) is 6.71. The maximum atomic E-state index is 15.3. The van der Waals surface area contributed by atoms with Gasteiger partial charge >= 0.3 is 0 Å². The van der Waals surface area contributed by atoms with Gasteiger partial charge in [0.2, 0.25) is 15.9 Å². The third-order valence-corrected chi connectivity index (χ3v) is 11.0. The van der Waals surface area contributed by atoms with Crippen LogP contribution in [0.3, 0.4) is 0 Å². The van der Waals surface area contributed by atoms with Gasteiger partial charge in [-0.3, -0.25) is 4.79 Å². The Morgan fingerprint density at radius 1 is 0.979 bits per heavy atom. The fourth-order valence-corrected chi connectivity index (χ4v) is 8.25. The summed E-state index contributed by atoms with van der Waals surface area (Å²) in [4.78, 5) is 13.9. The molecule has 0 radical (unpaired) electrons. The second-order valence-electron chi connectivity index (χ2n) is 12.0. The van der Waals surface area contributed by atoms with Crippen molar-refractivity contribution in [1.82, 2.24) is 9.62 Å². The molecular formula is C36H39ClF2N4O3S. The number of nitrogens with one attached hydrogen (secondary N) is 2. The number of nitrogens with zero attached hydrogens (tertiary/aromatic N) is 1. The number of hydrogen-bond donors (Lipinski definition) is 3. The first-order valence-electron chi connectivity index (χ1n) is 15.7. The fourth-order valence-electron chi connectivity index (χ4n) is 6.25. The van der Waals surface area contributed by atoms with Crippen LogP contribution in [-0.4, -0.2) is 49.8 Å². The van der Waals surface area contributed by atoms with Crippen LogP contribution < -0.4 is 16.4 Å². The van der Waals surface area contributed by atoms with E-state index >= 15 is 4.39 Å². The largest absolute Gasteiger partial charge is 0.324 e. The maximum Gasteiger partial charge on any atom is 0.243 e. The lowest BCUT2D eigenvalue weighted by Gasteiger charge is -2.40. The Bertz CT molecular complexity index is 1760. The molecule has 4 aromatic carbocycles. The third-order valence-electron chi connectivity index (χ3n) is 8.68. The van der Waals surface area contributed by atoms with Crippen LogP contribution in [0.2, 0.25) is 5.02 Å². The molecule has 0 spiro atoms. The number of hydrogen-bond acceptors (Lipinski definition) is 5. The number of anilines is 1. The minimum Gasteiger partial charge on any atom is -0.324 e. The molecule has 47 heavy (non-hydrogen) atoms. The van der Waals surface area contributed by atoms with Crippen molar-refractivity contribution in [3.8, 4) is 0 Å². The molecule has 248 valence electrons. The molecule has 1 aliphatic rings. The van der Waals surface area contributed by atoms with Gasteiger partial charge in [0, 0.05) is 47.4 Å². The van der Waals surface area contributed by atoms with Gasteiger partial charge in [-0.05, 0) is 92.3 Å². The van der Waals surface area contributed by atoms with E-state index in [0.717, 1.165) is 11.1 Å². The number of rotatable bonds is 12.